The van der Waals surface area contributed by atoms with Gasteiger partial charge in [-0.05, 0) is 36.1 Å². The molecule has 1 aliphatic carbocycles. The number of nitrogens with zero attached hydrogens (tertiary/aromatic N) is 2. The lowest BCUT2D eigenvalue weighted by atomic mass is 9.87. The monoisotopic (exact) mass is 550 g/mol. The van der Waals surface area contributed by atoms with E-state index in [9.17, 15) is 4.79 Å². The average molecular weight is 552 g/mol. The van der Waals surface area contributed by atoms with Crippen molar-refractivity contribution in [1.82, 2.24) is 9.55 Å². The summed E-state index contributed by atoms with van der Waals surface area (Å²) in [5.41, 5.74) is 2.11. The van der Waals surface area contributed by atoms with Gasteiger partial charge >= 0.3 is 0 Å². The molecule has 5 nitrogen and oxygen atoms in total. The van der Waals surface area contributed by atoms with Crippen LogP contribution in [0.3, 0.4) is 0 Å². The van der Waals surface area contributed by atoms with Crippen LogP contribution in [0.25, 0.3) is 11.0 Å². The molecular weight excluding hydrogens is 523 g/mol. The first kappa shape index (κ1) is 25.3. The SMILES string of the molecule is O=C(COCCO)c1cc2c(ncn2CCC2CCCCC2)c(F)c1Cc1ccc(Br)cc1Cl. The van der Waals surface area contributed by atoms with Gasteiger partial charge in [0.15, 0.2) is 11.6 Å². The van der Waals surface area contributed by atoms with Crippen molar-refractivity contribution in [3.63, 3.8) is 0 Å². The molecule has 0 amide bonds. The van der Waals surface area contributed by atoms with Gasteiger partial charge in [0.1, 0.15) is 12.1 Å². The number of benzene rings is 2. The predicted octanol–water partition coefficient (Wildman–Crippen LogP) is 6.34. The molecule has 1 heterocycles. The van der Waals surface area contributed by atoms with E-state index in [0.29, 0.717) is 22.0 Å². The summed E-state index contributed by atoms with van der Waals surface area (Å²) in [5.74, 6) is -0.154. The highest BCUT2D eigenvalue weighted by molar-refractivity contribution is 9.10. The summed E-state index contributed by atoms with van der Waals surface area (Å²) in [6, 6.07) is 7.14. The van der Waals surface area contributed by atoms with E-state index in [1.165, 1.54) is 32.1 Å². The average Bonchev–Trinajstić information content (AvgIpc) is 3.24. The van der Waals surface area contributed by atoms with E-state index in [-0.39, 0.29) is 48.7 Å². The number of Topliss-reactive ketones (excluding diaryl/α,β-unsaturated/α-hetero) is 1. The zero-order valence-electron chi connectivity index (χ0n) is 19.0. The normalized spacial score (nSPS) is 14.7. The van der Waals surface area contributed by atoms with Crippen LogP contribution in [-0.4, -0.2) is 40.3 Å². The molecule has 0 radical (unpaired) electrons. The molecule has 0 aliphatic heterocycles. The van der Waals surface area contributed by atoms with Gasteiger partial charge in [-0.25, -0.2) is 9.37 Å². The van der Waals surface area contributed by atoms with Crippen molar-refractivity contribution >= 4 is 44.3 Å². The van der Waals surface area contributed by atoms with Crippen molar-refractivity contribution in [2.75, 3.05) is 19.8 Å². The van der Waals surface area contributed by atoms with Crippen LogP contribution in [0.15, 0.2) is 35.1 Å². The Morgan fingerprint density at radius 3 is 2.79 bits per heavy atom. The minimum atomic E-state index is -0.501. The molecule has 1 fully saturated rings. The fraction of sp³-hybridized carbons (Fsp3) is 0.462. The maximum Gasteiger partial charge on any atom is 0.188 e. The first-order valence-electron chi connectivity index (χ1n) is 11.8. The second kappa shape index (κ2) is 11.8. The number of fused-ring (bicyclic) bond motifs is 1. The molecule has 182 valence electrons. The van der Waals surface area contributed by atoms with Crippen LogP contribution in [0.1, 0.15) is 60.0 Å². The lowest BCUT2D eigenvalue weighted by Crippen LogP contribution is -2.15. The molecule has 2 aromatic carbocycles. The number of hydrogen-bond donors (Lipinski definition) is 1. The highest BCUT2D eigenvalue weighted by Gasteiger charge is 2.23. The van der Waals surface area contributed by atoms with Crippen LogP contribution in [0.5, 0.6) is 0 Å². The van der Waals surface area contributed by atoms with E-state index in [2.05, 4.69) is 20.9 Å². The van der Waals surface area contributed by atoms with Gasteiger partial charge in [0, 0.05) is 33.6 Å². The Morgan fingerprint density at radius 1 is 1.26 bits per heavy atom. The Bertz CT molecular complexity index is 1160. The third kappa shape index (κ3) is 5.88. The number of carbonyl (C=O) groups excluding carboxylic acids is 1. The van der Waals surface area contributed by atoms with Gasteiger partial charge in [0.2, 0.25) is 0 Å². The summed E-state index contributed by atoms with van der Waals surface area (Å²) in [6.07, 6.45) is 9.19. The molecule has 0 unspecified atom stereocenters. The fourth-order valence-corrected chi connectivity index (χ4v) is 5.50. The number of aromatic nitrogens is 2. The Kier molecular flexibility index (Phi) is 8.75. The first-order chi connectivity index (χ1) is 16.5. The Morgan fingerprint density at radius 2 is 2.06 bits per heavy atom. The standard InChI is InChI=1S/C26H29BrClFN2O3/c27-19-7-6-18(22(28)13-19)12-21-20(24(33)15-34-11-10-32)14-23-26(25(21)29)30-16-31(23)9-8-17-4-2-1-3-5-17/h6-7,13-14,16-17,32H,1-5,8-12,15H2. The molecule has 0 bridgehead atoms. The number of aliphatic hydroxyl groups excluding tert-OH is 1. The van der Waals surface area contributed by atoms with Crippen molar-refractivity contribution < 1.29 is 19.0 Å². The van der Waals surface area contributed by atoms with Crippen molar-refractivity contribution in [2.24, 2.45) is 5.92 Å². The van der Waals surface area contributed by atoms with Crippen molar-refractivity contribution in [1.29, 1.82) is 0 Å². The molecule has 8 heteroatoms. The molecule has 34 heavy (non-hydrogen) atoms. The molecule has 1 N–H and O–H groups in total. The van der Waals surface area contributed by atoms with Gasteiger partial charge in [-0.1, -0.05) is 65.7 Å². The van der Waals surface area contributed by atoms with E-state index in [1.54, 1.807) is 18.5 Å². The van der Waals surface area contributed by atoms with Gasteiger partial charge in [0.05, 0.1) is 25.1 Å². The summed E-state index contributed by atoms with van der Waals surface area (Å²) < 4.78 is 23.9. The topological polar surface area (TPSA) is 64.3 Å². The van der Waals surface area contributed by atoms with Crippen LogP contribution in [0.2, 0.25) is 5.02 Å². The molecular formula is C26H29BrClFN2O3. The molecule has 1 aliphatic rings. The number of ether oxygens (including phenoxy) is 1. The number of aryl methyl sites for hydroxylation is 1. The van der Waals surface area contributed by atoms with E-state index in [0.717, 1.165) is 17.4 Å². The van der Waals surface area contributed by atoms with Gasteiger partial charge < -0.3 is 14.4 Å². The molecule has 0 atom stereocenters. The van der Waals surface area contributed by atoms with Gasteiger partial charge in [-0.2, -0.15) is 0 Å². The Labute approximate surface area is 212 Å². The minimum absolute atomic E-state index is 0.0453. The number of carbonyl (C=O) groups is 1. The fourth-order valence-electron chi connectivity index (χ4n) is 4.76. The number of imidazole rings is 1. The van der Waals surface area contributed by atoms with Gasteiger partial charge in [-0.15, -0.1) is 0 Å². The summed E-state index contributed by atoms with van der Waals surface area (Å²) in [6.45, 7) is 0.371. The second-order valence-electron chi connectivity index (χ2n) is 8.93. The number of hydrogen-bond acceptors (Lipinski definition) is 4. The zero-order valence-corrected chi connectivity index (χ0v) is 21.4. The van der Waals surface area contributed by atoms with Crippen LogP contribution in [0, 0.1) is 11.7 Å². The molecule has 3 aromatic rings. The zero-order chi connectivity index (χ0) is 24.1. The number of halogens is 3. The van der Waals surface area contributed by atoms with Crippen LogP contribution in [-0.2, 0) is 17.7 Å². The molecule has 0 saturated heterocycles. The first-order valence-corrected chi connectivity index (χ1v) is 13.0. The van der Waals surface area contributed by atoms with Gasteiger partial charge in [0.25, 0.3) is 0 Å². The van der Waals surface area contributed by atoms with Crippen LogP contribution in [0.4, 0.5) is 4.39 Å². The third-order valence-corrected chi connectivity index (χ3v) is 7.46. The number of aliphatic hydroxyl groups is 1. The molecule has 4 rings (SSSR count). The van der Waals surface area contributed by atoms with Crippen molar-refractivity contribution in [3.05, 3.63) is 62.6 Å². The van der Waals surface area contributed by atoms with E-state index < -0.39 is 5.82 Å². The minimum Gasteiger partial charge on any atom is -0.394 e. The predicted molar refractivity (Wildman–Crippen MR) is 135 cm³/mol. The maximum absolute atomic E-state index is 15.8. The van der Waals surface area contributed by atoms with Crippen LogP contribution >= 0.6 is 27.5 Å². The van der Waals surface area contributed by atoms with Crippen LogP contribution < -0.4 is 0 Å². The lowest BCUT2D eigenvalue weighted by molar-refractivity contribution is 0.0663. The van der Waals surface area contributed by atoms with Gasteiger partial charge in [-0.3, -0.25) is 4.79 Å². The van der Waals surface area contributed by atoms with E-state index in [4.69, 9.17) is 21.4 Å². The quantitative estimate of drug-likeness (QED) is 0.236. The molecule has 1 saturated carbocycles. The number of rotatable bonds is 10. The largest absolute Gasteiger partial charge is 0.394 e. The van der Waals surface area contributed by atoms with E-state index >= 15 is 4.39 Å². The summed E-state index contributed by atoms with van der Waals surface area (Å²) in [7, 11) is 0. The Balaban J connectivity index is 1.69. The molecule has 1 aromatic heterocycles. The van der Waals surface area contributed by atoms with E-state index in [1.807, 2.05) is 16.7 Å². The second-order valence-corrected chi connectivity index (χ2v) is 10.2. The van der Waals surface area contributed by atoms with Crippen molar-refractivity contribution in [3.8, 4) is 0 Å². The smallest absolute Gasteiger partial charge is 0.188 e. The summed E-state index contributed by atoms with van der Waals surface area (Å²) in [5, 5.41) is 9.47. The lowest BCUT2D eigenvalue weighted by Gasteiger charge is -2.21. The van der Waals surface area contributed by atoms with Crippen molar-refractivity contribution in [2.45, 2.75) is 51.5 Å². The number of ketones is 1. The maximum atomic E-state index is 15.8. The molecule has 0 spiro atoms. The highest BCUT2D eigenvalue weighted by Crippen LogP contribution is 2.31. The summed E-state index contributed by atoms with van der Waals surface area (Å²) >= 11 is 9.78. The third-order valence-electron chi connectivity index (χ3n) is 6.61. The Hall–Kier alpha value is -1.80. The highest BCUT2D eigenvalue weighted by atomic mass is 79.9. The summed E-state index contributed by atoms with van der Waals surface area (Å²) in [4.78, 5) is 17.4.